The summed E-state index contributed by atoms with van der Waals surface area (Å²) in [5.41, 5.74) is 4.96. The molecule has 0 spiro atoms. The van der Waals surface area contributed by atoms with Crippen molar-refractivity contribution in [3.8, 4) is 0 Å². The summed E-state index contributed by atoms with van der Waals surface area (Å²) in [6.45, 7) is 1.94. The third-order valence-electron chi connectivity index (χ3n) is 3.02. The number of nitrogens with two attached hydrogens (primary N) is 1. The van der Waals surface area contributed by atoms with Gasteiger partial charge in [-0.3, -0.25) is 4.79 Å². The maximum Gasteiger partial charge on any atom is 0.306 e. The summed E-state index contributed by atoms with van der Waals surface area (Å²) in [7, 11) is 0. The fraction of sp³-hybridized carbons (Fsp3) is 0.909. The van der Waals surface area contributed by atoms with Crippen LogP contribution in [0.15, 0.2) is 0 Å². The van der Waals surface area contributed by atoms with Crippen molar-refractivity contribution >= 4 is 17.7 Å². The average molecular weight is 247 g/mol. The molecule has 0 saturated heterocycles. The van der Waals surface area contributed by atoms with Crippen molar-refractivity contribution in [3.05, 3.63) is 0 Å². The fourth-order valence-electron chi connectivity index (χ4n) is 1.98. The smallest absolute Gasteiger partial charge is 0.306 e. The Morgan fingerprint density at radius 1 is 1.56 bits per heavy atom. The Morgan fingerprint density at radius 3 is 2.56 bits per heavy atom. The molecule has 4 nitrogen and oxygen atoms in total. The zero-order chi connectivity index (χ0) is 12.2. The second-order valence-electron chi connectivity index (χ2n) is 4.83. The van der Waals surface area contributed by atoms with E-state index < -0.39 is 11.6 Å². The van der Waals surface area contributed by atoms with E-state index in [0.717, 1.165) is 5.75 Å². The predicted octanol–water partition coefficient (Wildman–Crippen LogP) is 1.07. The molecular formula is C11H21NO3S. The Kier molecular flexibility index (Phi) is 5.08. The lowest BCUT2D eigenvalue weighted by Gasteiger charge is -2.34. The van der Waals surface area contributed by atoms with E-state index in [1.807, 2.05) is 6.92 Å². The van der Waals surface area contributed by atoms with Gasteiger partial charge in [0.15, 0.2) is 0 Å². The maximum atomic E-state index is 10.8. The van der Waals surface area contributed by atoms with Gasteiger partial charge in [0.1, 0.15) is 0 Å². The monoisotopic (exact) mass is 247 g/mol. The molecule has 16 heavy (non-hydrogen) atoms. The second kappa shape index (κ2) is 5.89. The minimum Gasteiger partial charge on any atom is -0.481 e. The molecule has 1 atom stereocenters. The lowest BCUT2D eigenvalue weighted by atomic mass is 9.80. The highest BCUT2D eigenvalue weighted by Crippen LogP contribution is 2.34. The van der Waals surface area contributed by atoms with Gasteiger partial charge in [0.2, 0.25) is 0 Å². The van der Waals surface area contributed by atoms with Gasteiger partial charge in [0.05, 0.1) is 11.5 Å². The summed E-state index contributed by atoms with van der Waals surface area (Å²) in [5, 5.41) is 19.1. The van der Waals surface area contributed by atoms with Gasteiger partial charge in [-0.2, -0.15) is 11.8 Å². The van der Waals surface area contributed by atoms with E-state index in [1.54, 1.807) is 11.8 Å². The zero-order valence-corrected chi connectivity index (χ0v) is 10.5. The molecule has 0 bridgehead atoms. The van der Waals surface area contributed by atoms with E-state index in [9.17, 15) is 9.90 Å². The van der Waals surface area contributed by atoms with Crippen LogP contribution in [0.3, 0.4) is 0 Å². The maximum absolute atomic E-state index is 10.8. The van der Waals surface area contributed by atoms with Crippen LogP contribution in [0.1, 0.15) is 32.6 Å². The van der Waals surface area contributed by atoms with Crippen molar-refractivity contribution in [1.29, 1.82) is 0 Å². The van der Waals surface area contributed by atoms with Crippen LogP contribution in [0, 0.1) is 5.92 Å². The Hall–Kier alpha value is -0.260. The largest absolute Gasteiger partial charge is 0.481 e. The molecule has 1 unspecified atom stereocenters. The minimum absolute atomic E-state index is 0.143. The van der Waals surface area contributed by atoms with Crippen molar-refractivity contribution in [1.82, 2.24) is 0 Å². The van der Waals surface area contributed by atoms with Crippen LogP contribution in [-0.2, 0) is 4.79 Å². The van der Waals surface area contributed by atoms with Crippen molar-refractivity contribution in [2.24, 2.45) is 11.7 Å². The number of rotatable bonds is 5. The predicted molar refractivity (Wildman–Crippen MR) is 65.5 cm³/mol. The van der Waals surface area contributed by atoms with E-state index in [1.165, 1.54) is 0 Å². The van der Waals surface area contributed by atoms with Crippen LogP contribution in [0.5, 0.6) is 0 Å². The molecular weight excluding hydrogens is 226 g/mol. The summed E-state index contributed by atoms with van der Waals surface area (Å²) in [4.78, 5) is 10.8. The molecule has 0 aromatic carbocycles. The standard InChI is InChI=1S/C11H21NO3S/c1-8(12)6-16-7-11(15)4-2-9(3-5-11)10(13)14/h8-9,15H,2-7,12H2,1H3,(H,13,14). The molecule has 0 aromatic rings. The number of aliphatic carboxylic acids is 1. The van der Waals surface area contributed by atoms with Gasteiger partial charge in [-0.15, -0.1) is 0 Å². The molecule has 4 N–H and O–H groups in total. The molecule has 1 aliphatic carbocycles. The molecule has 0 radical (unpaired) electrons. The first-order valence-corrected chi connectivity index (χ1v) is 6.87. The Bertz CT molecular complexity index is 237. The summed E-state index contributed by atoms with van der Waals surface area (Å²) < 4.78 is 0. The highest BCUT2D eigenvalue weighted by atomic mass is 32.2. The Labute approximate surface area is 101 Å². The highest BCUT2D eigenvalue weighted by Gasteiger charge is 2.35. The van der Waals surface area contributed by atoms with Crippen molar-refractivity contribution in [2.45, 2.75) is 44.2 Å². The lowest BCUT2D eigenvalue weighted by molar-refractivity contribution is -0.144. The molecule has 1 rings (SSSR count). The van der Waals surface area contributed by atoms with Crippen LogP contribution in [0.2, 0.25) is 0 Å². The Balaban J connectivity index is 2.29. The molecule has 1 saturated carbocycles. The molecule has 0 aromatic heterocycles. The van der Waals surface area contributed by atoms with Gasteiger partial charge in [-0.25, -0.2) is 0 Å². The highest BCUT2D eigenvalue weighted by molar-refractivity contribution is 7.99. The van der Waals surface area contributed by atoms with Gasteiger partial charge in [0, 0.05) is 17.5 Å². The first-order chi connectivity index (χ1) is 7.43. The molecule has 5 heteroatoms. The first-order valence-electron chi connectivity index (χ1n) is 5.71. The first kappa shape index (κ1) is 13.8. The van der Waals surface area contributed by atoms with Crippen LogP contribution in [0.25, 0.3) is 0 Å². The molecule has 0 amide bonds. The van der Waals surface area contributed by atoms with Crippen LogP contribution in [0.4, 0.5) is 0 Å². The van der Waals surface area contributed by atoms with Crippen LogP contribution >= 0.6 is 11.8 Å². The second-order valence-corrected chi connectivity index (χ2v) is 5.86. The van der Waals surface area contributed by atoms with Gasteiger partial charge in [-0.05, 0) is 32.6 Å². The summed E-state index contributed by atoms with van der Waals surface area (Å²) in [6, 6.07) is 0.143. The minimum atomic E-state index is -0.731. The fourth-order valence-corrected chi connectivity index (χ4v) is 3.14. The summed E-state index contributed by atoms with van der Waals surface area (Å²) >= 11 is 1.65. The number of hydrogen-bond donors (Lipinski definition) is 3. The Morgan fingerprint density at radius 2 is 2.12 bits per heavy atom. The summed E-state index contributed by atoms with van der Waals surface area (Å²) in [5.74, 6) is 0.509. The normalized spacial score (nSPS) is 32.3. The van der Waals surface area contributed by atoms with Gasteiger partial charge in [0.25, 0.3) is 0 Å². The van der Waals surface area contributed by atoms with E-state index >= 15 is 0 Å². The molecule has 0 heterocycles. The third-order valence-corrected chi connectivity index (χ3v) is 4.52. The SMILES string of the molecule is CC(N)CSCC1(O)CCC(C(=O)O)CC1. The van der Waals surface area contributed by atoms with Crippen LogP contribution in [-0.4, -0.2) is 39.3 Å². The number of aliphatic hydroxyl groups is 1. The third kappa shape index (κ3) is 4.31. The number of thioether (sulfide) groups is 1. The number of hydrogen-bond acceptors (Lipinski definition) is 4. The van der Waals surface area contributed by atoms with Crippen molar-refractivity contribution in [2.75, 3.05) is 11.5 Å². The lowest BCUT2D eigenvalue weighted by Crippen LogP contribution is -2.38. The number of carbonyl (C=O) groups is 1. The number of carboxylic acid groups (broad SMARTS) is 1. The van der Waals surface area contributed by atoms with Gasteiger partial charge >= 0.3 is 5.97 Å². The molecule has 0 aliphatic heterocycles. The average Bonchev–Trinajstić information content (AvgIpc) is 2.17. The van der Waals surface area contributed by atoms with Gasteiger partial charge in [-0.1, -0.05) is 0 Å². The van der Waals surface area contributed by atoms with Crippen LogP contribution < -0.4 is 5.73 Å². The van der Waals surface area contributed by atoms with Gasteiger partial charge < -0.3 is 15.9 Å². The van der Waals surface area contributed by atoms with Crippen molar-refractivity contribution in [3.63, 3.8) is 0 Å². The zero-order valence-electron chi connectivity index (χ0n) is 9.69. The molecule has 1 fully saturated rings. The topological polar surface area (TPSA) is 83.5 Å². The molecule has 94 valence electrons. The van der Waals surface area contributed by atoms with E-state index in [4.69, 9.17) is 10.8 Å². The van der Waals surface area contributed by atoms with E-state index in [2.05, 4.69) is 0 Å². The molecule has 1 aliphatic rings. The van der Waals surface area contributed by atoms with E-state index in [-0.39, 0.29) is 12.0 Å². The number of carboxylic acids is 1. The summed E-state index contributed by atoms with van der Waals surface area (Å²) in [6.07, 6.45) is 2.36. The quantitative estimate of drug-likeness (QED) is 0.677. The van der Waals surface area contributed by atoms with Crippen molar-refractivity contribution < 1.29 is 15.0 Å². The van der Waals surface area contributed by atoms with E-state index in [0.29, 0.717) is 31.4 Å².